The molecule has 2 N–H and O–H groups in total. The minimum atomic E-state index is 0.0789. The molecule has 2 aromatic heterocycles. The van der Waals surface area contributed by atoms with E-state index in [1.54, 1.807) is 18.5 Å². The highest BCUT2D eigenvalue weighted by Gasteiger charge is 2.10. The van der Waals surface area contributed by atoms with Crippen molar-refractivity contribution in [2.24, 2.45) is 0 Å². The Balaban J connectivity index is 1.95. The number of ether oxygens (including phenoxy) is 1. The molecule has 0 saturated carbocycles. The summed E-state index contributed by atoms with van der Waals surface area (Å²) in [5, 5.41) is 4.06. The summed E-state index contributed by atoms with van der Waals surface area (Å²) < 4.78 is 7.19. The summed E-state index contributed by atoms with van der Waals surface area (Å²) in [6.07, 6.45) is 3.35. The molecule has 0 saturated heterocycles. The van der Waals surface area contributed by atoms with Gasteiger partial charge in [-0.3, -0.25) is 0 Å². The monoisotopic (exact) mass is 282 g/mol. The van der Waals surface area contributed by atoms with Crippen LogP contribution < -0.4 is 10.5 Å². The van der Waals surface area contributed by atoms with Crippen LogP contribution in [0.3, 0.4) is 0 Å². The molecule has 0 aliphatic carbocycles. The van der Waals surface area contributed by atoms with E-state index in [2.05, 4.69) is 20.1 Å². The molecule has 106 valence electrons. The molecule has 3 aromatic rings. The van der Waals surface area contributed by atoms with Crippen molar-refractivity contribution >= 4 is 5.95 Å². The minimum absolute atomic E-state index is 0.0789. The maximum atomic E-state index is 5.70. The molecule has 2 heterocycles. The molecule has 7 nitrogen and oxygen atoms in total. The quantitative estimate of drug-likeness (QED) is 0.790. The number of anilines is 1. The Bertz CT molecular complexity index is 769. The van der Waals surface area contributed by atoms with Crippen LogP contribution in [0.2, 0.25) is 0 Å². The Hall–Kier alpha value is -2.96. The second-order valence-corrected chi connectivity index (χ2v) is 4.60. The highest BCUT2D eigenvalue weighted by atomic mass is 16.5. The van der Waals surface area contributed by atoms with Gasteiger partial charge in [-0.05, 0) is 31.5 Å². The molecule has 0 bridgehead atoms. The highest BCUT2D eigenvalue weighted by molar-refractivity contribution is 5.38. The van der Waals surface area contributed by atoms with Crippen LogP contribution in [0.4, 0.5) is 5.95 Å². The van der Waals surface area contributed by atoms with Crippen LogP contribution in [0.25, 0.3) is 5.95 Å². The first-order valence-electron chi connectivity index (χ1n) is 6.38. The summed E-state index contributed by atoms with van der Waals surface area (Å²) in [5.74, 6) is 1.07. The number of aromatic nitrogens is 5. The predicted octanol–water partition coefficient (Wildman–Crippen LogP) is 2.05. The van der Waals surface area contributed by atoms with Gasteiger partial charge >= 0.3 is 6.01 Å². The first kappa shape index (κ1) is 13.0. The van der Waals surface area contributed by atoms with Crippen LogP contribution in [0, 0.1) is 13.8 Å². The average Bonchev–Trinajstić information content (AvgIpc) is 2.95. The highest BCUT2D eigenvalue weighted by Crippen LogP contribution is 2.23. The van der Waals surface area contributed by atoms with Crippen LogP contribution in [-0.4, -0.2) is 24.7 Å². The normalized spacial score (nSPS) is 10.6. The number of benzene rings is 1. The fourth-order valence-corrected chi connectivity index (χ4v) is 1.91. The van der Waals surface area contributed by atoms with Gasteiger partial charge in [0, 0.05) is 12.4 Å². The first-order chi connectivity index (χ1) is 10.1. The molecule has 0 aliphatic heterocycles. The zero-order chi connectivity index (χ0) is 14.8. The maximum Gasteiger partial charge on any atom is 0.328 e. The molecular weight excluding hydrogens is 268 g/mol. The molecule has 0 spiro atoms. The molecule has 3 rings (SSSR count). The van der Waals surface area contributed by atoms with Gasteiger partial charge in [0.1, 0.15) is 5.75 Å². The van der Waals surface area contributed by atoms with Gasteiger partial charge in [-0.2, -0.15) is 20.1 Å². The second kappa shape index (κ2) is 5.20. The summed E-state index contributed by atoms with van der Waals surface area (Å²) in [4.78, 5) is 12.2. The van der Waals surface area contributed by atoms with Crippen LogP contribution in [0.15, 0.2) is 36.7 Å². The van der Waals surface area contributed by atoms with Crippen molar-refractivity contribution in [3.8, 4) is 17.7 Å². The zero-order valence-electron chi connectivity index (χ0n) is 11.7. The van der Waals surface area contributed by atoms with Crippen molar-refractivity contribution in [3.63, 3.8) is 0 Å². The third-order valence-corrected chi connectivity index (χ3v) is 2.86. The molecule has 0 fully saturated rings. The minimum Gasteiger partial charge on any atom is -0.424 e. The lowest BCUT2D eigenvalue weighted by Gasteiger charge is -2.09. The Morgan fingerprint density at radius 3 is 2.71 bits per heavy atom. The number of aryl methyl sites for hydroxylation is 2. The number of nitrogens with zero attached hydrogens (tertiary/aromatic N) is 5. The predicted molar refractivity (Wildman–Crippen MR) is 77.4 cm³/mol. The van der Waals surface area contributed by atoms with Crippen LogP contribution in [-0.2, 0) is 0 Å². The van der Waals surface area contributed by atoms with Crippen LogP contribution in [0.1, 0.15) is 11.1 Å². The number of rotatable bonds is 3. The molecule has 0 radical (unpaired) electrons. The second-order valence-electron chi connectivity index (χ2n) is 4.60. The summed E-state index contributed by atoms with van der Waals surface area (Å²) in [5.41, 5.74) is 7.85. The Morgan fingerprint density at radius 2 is 2.00 bits per heavy atom. The van der Waals surface area contributed by atoms with Gasteiger partial charge in [-0.1, -0.05) is 17.7 Å². The van der Waals surface area contributed by atoms with E-state index < -0.39 is 0 Å². The van der Waals surface area contributed by atoms with Crippen LogP contribution >= 0.6 is 0 Å². The fourth-order valence-electron chi connectivity index (χ4n) is 1.91. The number of nitrogen functional groups attached to an aromatic ring is 1. The smallest absolute Gasteiger partial charge is 0.328 e. The lowest BCUT2D eigenvalue weighted by molar-refractivity contribution is 0.435. The van der Waals surface area contributed by atoms with E-state index in [4.69, 9.17) is 10.5 Å². The van der Waals surface area contributed by atoms with E-state index in [-0.39, 0.29) is 12.0 Å². The molecule has 1 aromatic carbocycles. The zero-order valence-corrected chi connectivity index (χ0v) is 11.7. The SMILES string of the molecule is Cc1ccc(Oc2nc(N)nc(-n3cccn3)n2)c(C)c1. The lowest BCUT2D eigenvalue weighted by atomic mass is 10.1. The van der Waals surface area contributed by atoms with E-state index in [1.165, 1.54) is 4.68 Å². The molecule has 21 heavy (non-hydrogen) atoms. The standard InChI is InChI=1S/C14H14N6O/c1-9-4-5-11(10(2)8-9)21-14-18-12(15)17-13(19-14)20-7-3-6-16-20/h3-8H,1-2H3,(H2,15,17,18,19). The van der Waals surface area contributed by atoms with Gasteiger partial charge in [-0.15, -0.1) is 0 Å². The molecule has 0 aliphatic rings. The van der Waals surface area contributed by atoms with E-state index >= 15 is 0 Å². The van der Waals surface area contributed by atoms with Gasteiger partial charge in [0.15, 0.2) is 0 Å². The van der Waals surface area contributed by atoms with Crippen molar-refractivity contribution < 1.29 is 4.74 Å². The Morgan fingerprint density at radius 1 is 1.14 bits per heavy atom. The Kier molecular flexibility index (Phi) is 3.23. The van der Waals surface area contributed by atoms with Crippen molar-refractivity contribution in [2.45, 2.75) is 13.8 Å². The van der Waals surface area contributed by atoms with Crippen molar-refractivity contribution in [1.82, 2.24) is 24.7 Å². The number of hydrogen-bond donors (Lipinski definition) is 1. The molecule has 0 amide bonds. The van der Waals surface area contributed by atoms with E-state index in [9.17, 15) is 0 Å². The molecule has 0 atom stereocenters. The number of hydrogen-bond acceptors (Lipinski definition) is 6. The average molecular weight is 282 g/mol. The summed E-state index contributed by atoms with van der Waals surface area (Å²) >= 11 is 0. The van der Waals surface area contributed by atoms with E-state index in [0.29, 0.717) is 11.7 Å². The van der Waals surface area contributed by atoms with Gasteiger partial charge in [0.25, 0.3) is 5.95 Å². The third kappa shape index (κ3) is 2.81. The van der Waals surface area contributed by atoms with E-state index in [0.717, 1.165) is 11.1 Å². The summed E-state index contributed by atoms with van der Waals surface area (Å²) in [7, 11) is 0. The lowest BCUT2D eigenvalue weighted by Crippen LogP contribution is -2.08. The summed E-state index contributed by atoms with van der Waals surface area (Å²) in [6.45, 7) is 3.98. The number of nitrogens with two attached hydrogens (primary N) is 1. The molecule has 7 heteroatoms. The van der Waals surface area contributed by atoms with Crippen molar-refractivity contribution in [1.29, 1.82) is 0 Å². The van der Waals surface area contributed by atoms with Gasteiger partial charge in [0.05, 0.1) is 0 Å². The van der Waals surface area contributed by atoms with Crippen molar-refractivity contribution in [2.75, 3.05) is 5.73 Å². The van der Waals surface area contributed by atoms with Gasteiger partial charge < -0.3 is 10.5 Å². The van der Waals surface area contributed by atoms with Crippen LogP contribution in [0.5, 0.6) is 11.8 Å². The van der Waals surface area contributed by atoms with Crippen molar-refractivity contribution in [3.05, 3.63) is 47.8 Å². The topological polar surface area (TPSA) is 91.7 Å². The van der Waals surface area contributed by atoms with E-state index in [1.807, 2.05) is 32.0 Å². The third-order valence-electron chi connectivity index (χ3n) is 2.86. The molecular formula is C14H14N6O. The largest absolute Gasteiger partial charge is 0.424 e. The van der Waals surface area contributed by atoms with Gasteiger partial charge in [-0.25, -0.2) is 4.68 Å². The Labute approximate surface area is 121 Å². The maximum absolute atomic E-state index is 5.70. The fraction of sp³-hybridized carbons (Fsp3) is 0.143. The van der Waals surface area contributed by atoms with Gasteiger partial charge in [0.2, 0.25) is 5.95 Å². The first-order valence-corrected chi connectivity index (χ1v) is 6.38. The molecule has 0 unspecified atom stereocenters. The summed E-state index contributed by atoms with van der Waals surface area (Å²) in [6, 6.07) is 7.76.